The van der Waals surface area contributed by atoms with E-state index in [0.29, 0.717) is 17.4 Å². The highest BCUT2D eigenvalue weighted by Crippen LogP contribution is 2.50. The third-order valence-corrected chi connectivity index (χ3v) is 4.08. The summed E-state index contributed by atoms with van der Waals surface area (Å²) in [4.78, 5) is 11.9. The van der Waals surface area contributed by atoms with Gasteiger partial charge in [-0.1, -0.05) is 25.3 Å². The Labute approximate surface area is 110 Å². The Morgan fingerprint density at radius 2 is 1.78 bits per heavy atom. The maximum atomic E-state index is 11.9. The van der Waals surface area contributed by atoms with Crippen molar-refractivity contribution in [3.05, 3.63) is 12.2 Å². The molecular weight excluding hydrogens is 224 g/mol. The predicted molar refractivity (Wildman–Crippen MR) is 71.8 cm³/mol. The summed E-state index contributed by atoms with van der Waals surface area (Å²) in [6.07, 6.45) is 7.00. The fourth-order valence-electron chi connectivity index (χ4n) is 3.03. The largest absolute Gasteiger partial charge is 0.442 e. The number of ether oxygens (including phenoxy) is 1. The Morgan fingerprint density at radius 1 is 1.22 bits per heavy atom. The van der Waals surface area contributed by atoms with E-state index in [1.807, 2.05) is 6.92 Å². The summed E-state index contributed by atoms with van der Waals surface area (Å²) in [7, 11) is 0. The minimum absolute atomic E-state index is 0.281. The zero-order valence-electron chi connectivity index (χ0n) is 11.4. The highest BCUT2D eigenvalue weighted by atomic mass is 16.6. The van der Waals surface area contributed by atoms with Crippen LogP contribution in [0.5, 0.6) is 0 Å². The minimum atomic E-state index is -0.527. The minimum Gasteiger partial charge on any atom is -0.442 e. The highest BCUT2D eigenvalue weighted by Gasteiger charge is 2.53. The van der Waals surface area contributed by atoms with Gasteiger partial charge in [-0.2, -0.15) is 0 Å². The summed E-state index contributed by atoms with van der Waals surface area (Å²) in [5.41, 5.74) is -0.0581. The van der Waals surface area contributed by atoms with Crippen LogP contribution in [0.1, 0.15) is 52.4 Å². The van der Waals surface area contributed by atoms with Crippen molar-refractivity contribution < 1.29 is 9.53 Å². The van der Waals surface area contributed by atoms with Crippen LogP contribution in [0.15, 0.2) is 12.2 Å². The number of hydrogen-bond acceptors (Lipinski definition) is 2. The molecule has 0 radical (unpaired) electrons. The van der Waals surface area contributed by atoms with Gasteiger partial charge in [-0.3, -0.25) is 0 Å². The van der Waals surface area contributed by atoms with Gasteiger partial charge in [0.1, 0.15) is 0 Å². The van der Waals surface area contributed by atoms with Crippen molar-refractivity contribution in [1.82, 2.24) is 0 Å². The lowest BCUT2D eigenvalue weighted by Gasteiger charge is -2.34. The van der Waals surface area contributed by atoms with Crippen LogP contribution in [0.25, 0.3) is 0 Å². The lowest BCUT2D eigenvalue weighted by atomic mass is 9.82. The Kier molecular flexibility index (Phi) is 3.80. The number of hydrogen-bond donors (Lipinski definition) is 0. The molecule has 0 aliphatic heterocycles. The quantitative estimate of drug-likeness (QED) is 0.431. The van der Waals surface area contributed by atoms with Gasteiger partial charge < -0.3 is 4.74 Å². The standard InChI is InChI=1S/C16H22O2/c1-4-11-16(14-9-10-14,13-7-5-6-8-13)18-15(17)12(2)3/h13-14H,2,5-10H2,1,3H3. The summed E-state index contributed by atoms with van der Waals surface area (Å²) in [6, 6.07) is 0. The van der Waals surface area contributed by atoms with Gasteiger partial charge in [-0.15, -0.1) is 5.92 Å². The Bertz CT molecular complexity index is 403. The lowest BCUT2D eigenvalue weighted by molar-refractivity contribution is -0.156. The van der Waals surface area contributed by atoms with Gasteiger partial charge in [0.25, 0.3) is 0 Å². The Balaban J connectivity index is 2.26. The molecule has 2 nitrogen and oxygen atoms in total. The molecule has 2 heteroatoms. The highest BCUT2D eigenvalue weighted by molar-refractivity contribution is 5.87. The molecule has 0 bridgehead atoms. The maximum Gasteiger partial charge on any atom is 0.334 e. The van der Waals surface area contributed by atoms with E-state index in [4.69, 9.17) is 4.74 Å². The molecule has 2 saturated carbocycles. The molecule has 2 rings (SSSR count). The average molecular weight is 246 g/mol. The number of esters is 1. The molecule has 0 amide bonds. The molecule has 1 atom stereocenters. The molecule has 2 fully saturated rings. The van der Waals surface area contributed by atoms with E-state index >= 15 is 0 Å². The van der Waals surface area contributed by atoms with Crippen LogP contribution in [-0.2, 0) is 9.53 Å². The second-order valence-electron chi connectivity index (χ2n) is 5.59. The second kappa shape index (κ2) is 5.18. The van der Waals surface area contributed by atoms with E-state index in [-0.39, 0.29) is 5.97 Å². The molecule has 0 spiro atoms. The smallest absolute Gasteiger partial charge is 0.334 e. The fraction of sp³-hybridized carbons (Fsp3) is 0.688. The van der Waals surface area contributed by atoms with Crippen molar-refractivity contribution in [3.8, 4) is 11.8 Å². The molecule has 98 valence electrons. The maximum absolute atomic E-state index is 11.9. The van der Waals surface area contributed by atoms with E-state index in [2.05, 4.69) is 18.4 Å². The molecule has 0 aromatic carbocycles. The molecule has 18 heavy (non-hydrogen) atoms. The number of carbonyl (C=O) groups excluding carboxylic acids is 1. The molecule has 0 aromatic rings. The zero-order chi connectivity index (χ0) is 13.2. The van der Waals surface area contributed by atoms with Crippen molar-refractivity contribution in [2.75, 3.05) is 0 Å². The van der Waals surface area contributed by atoms with Crippen LogP contribution < -0.4 is 0 Å². The van der Waals surface area contributed by atoms with Crippen LogP contribution in [0, 0.1) is 23.7 Å². The first-order valence-electron chi connectivity index (χ1n) is 6.93. The van der Waals surface area contributed by atoms with Crippen LogP contribution in [0.2, 0.25) is 0 Å². The fourth-order valence-corrected chi connectivity index (χ4v) is 3.03. The summed E-state index contributed by atoms with van der Waals surface area (Å²) < 4.78 is 5.84. The van der Waals surface area contributed by atoms with Crippen LogP contribution in [0.4, 0.5) is 0 Å². The Hall–Kier alpha value is -1.23. The molecule has 0 aromatic heterocycles. The normalized spacial score (nSPS) is 22.8. The average Bonchev–Trinajstić information content (AvgIpc) is 3.04. The van der Waals surface area contributed by atoms with Crippen molar-refractivity contribution >= 4 is 5.97 Å². The monoisotopic (exact) mass is 246 g/mol. The van der Waals surface area contributed by atoms with E-state index < -0.39 is 5.60 Å². The SMILES string of the molecule is C=C(C)C(=O)OC(C#CC)(C1CCCC1)C1CC1. The molecular formula is C16H22O2. The van der Waals surface area contributed by atoms with Gasteiger partial charge in [0.15, 0.2) is 5.60 Å². The first-order chi connectivity index (χ1) is 8.60. The Morgan fingerprint density at radius 3 is 2.22 bits per heavy atom. The first kappa shape index (κ1) is 13.2. The van der Waals surface area contributed by atoms with E-state index in [0.717, 1.165) is 25.7 Å². The van der Waals surface area contributed by atoms with Crippen LogP contribution >= 0.6 is 0 Å². The summed E-state index contributed by atoms with van der Waals surface area (Å²) in [6.45, 7) is 7.22. The van der Waals surface area contributed by atoms with E-state index in [1.54, 1.807) is 6.92 Å². The van der Waals surface area contributed by atoms with Crippen LogP contribution in [0.3, 0.4) is 0 Å². The third kappa shape index (κ3) is 2.46. The molecule has 0 N–H and O–H groups in total. The number of rotatable bonds is 4. The predicted octanol–water partition coefficient (Wildman–Crippen LogP) is 3.47. The van der Waals surface area contributed by atoms with Gasteiger partial charge in [-0.25, -0.2) is 4.79 Å². The third-order valence-electron chi connectivity index (χ3n) is 4.08. The topological polar surface area (TPSA) is 26.3 Å². The molecule has 1 unspecified atom stereocenters. The first-order valence-corrected chi connectivity index (χ1v) is 6.93. The molecule has 2 aliphatic rings. The van der Waals surface area contributed by atoms with E-state index in [9.17, 15) is 4.79 Å². The van der Waals surface area contributed by atoms with Gasteiger partial charge >= 0.3 is 5.97 Å². The molecule has 0 heterocycles. The molecule has 2 aliphatic carbocycles. The summed E-state index contributed by atoms with van der Waals surface area (Å²) >= 11 is 0. The van der Waals surface area contributed by atoms with E-state index in [1.165, 1.54) is 12.8 Å². The van der Waals surface area contributed by atoms with Crippen molar-refractivity contribution in [3.63, 3.8) is 0 Å². The molecule has 0 saturated heterocycles. The van der Waals surface area contributed by atoms with Crippen molar-refractivity contribution in [2.24, 2.45) is 11.8 Å². The lowest BCUT2D eigenvalue weighted by Crippen LogP contribution is -2.43. The van der Waals surface area contributed by atoms with Gasteiger partial charge in [0, 0.05) is 17.4 Å². The van der Waals surface area contributed by atoms with Gasteiger partial charge in [0.2, 0.25) is 0 Å². The second-order valence-corrected chi connectivity index (χ2v) is 5.59. The van der Waals surface area contributed by atoms with Gasteiger partial charge in [-0.05, 0) is 39.5 Å². The van der Waals surface area contributed by atoms with Crippen molar-refractivity contribution in [2.45, 2.75) is 58.0 Å². The summed E-state index contributed by atoms with van der Waals surface area (Å²) in [5, 5.41) is 0. The van der Waals surface area contributed by atoms with Crippen LogP contribution in [-0.4, -0.2) is 11.6 Å². The van der Waals surface area contributed by atoms with Crippen molar-refractivity contribution in [1.29, 1.82) is 0 Å². The van der Waals surface area contributed by atoms with Gasteiger partial charge in [0.05, 0.1) is 0 Å². The zero-order valence-corrected chi connectivity index (χ0v) is 11.4. The summed E-state index contributed by atoms with van der Waals surface area (Å²) in [5.74, 6) is 6.82. The number of carbonyl (C=O) groups is 1.